The molecular formula is C14H15NO2S2. The molecule has 2 aromatic rings. The molecule has 0 saturated carbocycles. The highest BCUT2D eigenvalue weighted by atomic mass is 32.2. The molecule has 0 aliphatic rings. The lowest BCUT2D eigenvalue weighted by Gasteiger charge is -2.05. The molecule has 100 valence electrons. The van der Waals surface area contributed by atoms with Gasteiger partial charge in [-0.3, -0.25) is 4.79 Å². The molecule has 0 unspecified atom stereocenters. The maximum absolute atomic E-state index is 11.6. The summed E-state index contributed by atoms with van der Waals surface area (Å²) < 4.78 is 0. The molecule has 1 amide bonds. The molecule has 5 heteroatoms. The number of para-hydroxylation sites is 1. The van der Waals surface area contributed by atoms with Crippen LogP contribution >= 0.6 is 23.1 Å². The molecule has 1 heterocycles. The zero-order chi connectivity index (χ0) is 13.5. The van der Waals surface area contributed by atoms with Crippen LogP contribution in [0.3, 0.4) is 0 Å². The Kier molecular flexibility index (Phi) is 5.30. The molecule has 2 rings (SSSR count). The average Bonchev–Trinajstić information content (AvgIpc) is 2.91. The molecule has 0 aliphatic carbocycles. The van der Waals surface area contributed by atoms with E-state index in [1.54, 1.807) is 29.5 Å². The van der Waals surface area contributed by atoms with Gasteiger partial charge in [0.15, 0.2) is 0 Å². The van der Waals surface area contributed by atoms with E-state index in [0.29, 0.717) is 12.3 Å². The first-order valence-electron chi connectivity index (χ1n) is 5.95. The minimum atomic E-state index is -0.00944. The fourth-order valence-electron chi connectivity index (χ4n) is 1.55. The highest BCUT2D eigenvalue weighted by Crippen LogP contribution is 2.27. The Bertz CT molecular complexity index is 526. The number of rotatable bonds is 6. The number of phenolic OH excluding ortho intramolecular Hbond substituents is 1. The Balaban J connectivity index is 1.69. The molecule has 0 radical (unpaired) electrons. The van der Waals surface area contributed by atoms with E-state index in [2.05, 4.69) is 11.4 Å². The van der Waals surface area contributed by atoms with Crippen molar-refractivity contribution in [3.8, 4) is 5.75 Å². The quantitative estimate of drug-likeness (QED) is 0.805. The Morgan fingerprint density at radius 3 is 2.84 bits per heavy atom. The first-order valence-corrected chi connectivity index (χ1v) is 7.82. The van der Waals surface area contributed by atoms with E-state index in [4.69, 9.17) is 0 Å². The number of hydrogen-bond donors (Lipinski definition) is 2. The van der Waals surface area contributed by atoms with Crippen LogP contribution in [0.25, 0.3) is 0 Å². The van der Waals surface area contributed by atoms with Crippen LogP contribution in [0, 0.1) is 0 Å². The molecule has 0 atom stereocenters. The van der Waals surface area contributed by atoms with E-state index in [1.807, 2.05) is 17.5 Å². The SMILES string of the molecule is O=C(CSc1ccccc1O)NCCc1cccs1. The zero-order valence-electron chi connectivity index (χ0n) is 10.3. The van der Waals surface area contributed by atoms with Gasteiger partial charge in [-0.1, -0.05) is 18.2 Å². The number of aromatic hydroxyl groups is 1. The second-order valence-corrected chi connectivity index (χ2v) is 5.99. The molecule has 3 nitrogen and oxygen atoms in total. The Hall–Kier alpha value is -1.46. The predicted molar refractivity (Wildman–Crippen MR) is 79.9 cm³/mol. The zero-order valence-corrected chi connectivity index (χ0v) is 12.0. The topological polar surface area (TPSA) is 49.3 Å². The summed E-state index contributed by atoms with van der Waals surface area (Å²) in [4.78, 5) is 13.7. The third kappa shape index (κ3) is 4.61. The van der Waals surface area contributed by atoms with E-state index in [9.17, 15) is 9.90 Å². The Labute approximate surface area is 120 Å². The molecule has 0 saturated heterocycles. The number of thiophene rings is 1. The summed E-state index contributed by atoms with van der Waals surface area (Å²) in [6.07, 6.45) is 0.866. The number of benzene rings is 1. The number of thioether (sulfide) groups is 1. The standard InChI is InChI=1S/C14H15NO2S2/c16-12-5-1-2-6-13(12)19-10-14(17)15-8-7-11-4-3-9-18-11/h1-6,9,16H,7-8,10H2,(H,15,17). The van der Waals surface area contributed by atoms with Gasteiger partial charge in [0, 0.05) is 16.3 Å². The molecule has 1 aromatic carbocycles. The van der Waals surface area contributed by atoms with Crippen molar-refractivity contribution in [2.45, 2.75) is 11.3 Å². The van der Waals surface area contributed by atoms with Crippen molar-refractivity contribution in [2.24, 2.45) is 0 Å². The van der Waals surface area contributed by atoms with Gasteiger partial charge in [-0.15, -0.1) is 23.1 Å². The van der Waals surface area contributed by atoms with Gasteiger partial charge in [0.1, 0.15) is 5.75 Å². The number of carbonyl (C=O) groups excluding carboxylic acids is 1. The van der Waals surface area contributed by atoms with Crippen molar-refractivity contribution in [1.82, 2.24) is 5.32 Å². The first kappa shape index (κ1) is 14.0. The molecule has 0 spiro atoms. The van der Waals surface area contributed by atoms with Crippen LogP contribution in [-0.4, -0.2) is 23.3 Å². The summed E-state index contributed by atoms with van der Waals surface area (Å²) in [6, 6.07) is 11.1. The molecule has 0 bridgehead atoms. The average molecular weight is 293 g/mol. The minimum Gasteiger partial charge on any atom is -0.507 e. The first-order chi connectivity index (χ1) is 9.25. The van der Waals surface area contributed by atoms with Crippen molar-refractivity contribution in [3.63, 3.8) is 0 Å². The van der Waals surface area contributed by atoms with Crippen molar-refractivity contribution >= 4 is 29.0 Å². The Morgan fingerprint density at radius 2 is 2.11 bits per heavy atom. The molecule has 19 heavy (non-hydrogen) atoms. The normalized spacial score (nSPS) is 10.3. The van der Waals surface area contributed by atoms with Gasteiger partial charge in [0.05, 0.1) is 5.75 Å². The molecule has 0 aliphatic heterocycles. The van der Waals surface area contributed by atoms with E-state index < -0.39 is 0 Å². The number of phenols is 1. The van der Waals surface area contributed by atoms with Gasteiger partial charge >= 0.3 is 0 Å². The highest BCUT2D eigenvalue weighted by Gasteiger charge is 2.05. The number of nitrogens with one attached hydrogen (secondary N) is 1. The smallest absolute Gasteiger partial charge is 0.230 e. The van der Waals surface area contributed by atoms with Crippen molar-refractivity contribution in [1.29, 1.82) is 0 Å². The van der Waals surface area contributed by atoms with Gasteiger partial charge in [-0.25, -0.2) is 0 Å². The number of hydrogen-bond acceptors (Lipinski definition) is 4. The van der Waals surface area contributed by atoms with Crippen molar-refractivity contribution in [2.75, 3.05) is 12.3 Å². The predicted octanol–water partition coefficient (Wildman–Crippen LogP) is 2.90. The van der Waals surface area contributed by atoms with E-state index in [0.717, 1.165) is 11.3 Å². The molecule has 2 N–H and O–H groups in total. The number of carbonyl (C=O) groups is 1. The van der Waals surface area contributed by atoms with Crippen LogP contribution in [0.2, 0.25) is 0 Å². The van der Waals surface area contributed by atoms with Crippen LogP contribution in [-0.2, 0) is 11.2 Å². The van der Waals surface area contributed by atoms with Crippen LogP contribution in [0.15, 0.2) is 46.7 Å². The van der Waals surface area contributed by atoms with E-state index in [-0.39, 0.29) is 11.7 Å². The second-order valence-electron chi connectivity index (χ2n) is 3.94. The fraction of sp³-hybridized carbons (Fsp3) is 0.214. The third-order valence-electron chi connectivity index (χ3n) is 2.50. The second kappa shape index (κ2) is 7.21. The maximum Gasteiger partial charge on any atom is 0.230 e. The highest BCUT2D eigenvalue weighted by molar-refractivity contribution is 8.00. The van der Waals surface area contributed by atoms with Gasteiger partial charge in [0.2, 0.25) is 5.91 Å². The monoisotopic (exact) mass is 293 g/mol. The van der Waals surface area contributed by atoms with E-state index in [1.165, 1.54) is 16.6 Å². The van der Waals surface area contributed by atoms with Crippen molar-refractivity contribution < 1.29 is 9.90 Å². The van der Waals surface area contributed by atoms with Crippen LogP contribution < -0.4 is 5.32 Å². The largest absolute Gasteiger partial charge is 0.507 e. The third-order valence-corrected chi connectivity index (χ3v) is 4.50. The lowest BCUT2D eigenvalue weighted by molar-refractivity contribution is -0.118. The maximum atomic E-state index is 11.6. The summed E-state index contributed by atoms with van der Waals surface area (Å²) in [6.45, 7) is 0.653. The summed E-state index contributed by atoms with van der Waals surface area (Å²) in [5.74, 6) is 0.533. The van der Waals surface area contributed by atoms with E-state index >= 15 is 0 Å². The summed E-state index contributed by atoms with van der Waals surface area (Å²) >= 11 is 3.04. The minimum absolute atomic E-state index is 0.00944. The summed E-state index contributed by atoms with van der Waals surface area (Å²) in [5.41, 5.74) is 0. The lowest BCUT2D eigenvalue weighted by Crippen LogP contribution is -2.27. The lowest BCUT2D eigenvalue weighted by atomic mass is 10.3. The van der Waals surface area contributed by atoms with Gasteiger partial charge in [0.25, 0.3) is 0 Å². The summed E-state index contributed by atoms with van der Waals surface area (Å²) in [7, 11) is 0. The van der Waals surface area contributed by atoms with Gasteiger partial charge in [-0.2, -0.15) is 0 Å². The van der Waals surface area contributed by atoms with Crippen LogP contribution in [0.1, 0.15) is 4.88 Å². The molecule has 1 aromatic heterocycles. The summed E-state index contributed by atoms with van der Waals surface area (Å²) in [5, 5.41) is 14.5. The Morgan fingerprint density at radius 1 is 1.26 bits per heavy atom. The van der Waals surface area contributed by atoms with Crippen LogP contribution in [0.5, 0.6) is 5.75 Å². The molecular weight excluding hydrogens is 278 g/mol. The molecule has 0 fully saturated rings. The van der Waals surface area contributed by atoms with Crippen molar-refractivity contribution in [3.05, 3.63) is 46.7 Å². The fourth-order valence-corrected chi connectivity index (χ4v) is 3.04. The van der Waals surface area contributed by atoms with Gasteiger partial charge < -0.3 is 10.4 Å². The van der Waals surface area contributed by atoms with Crippen LogP contribution in [0.4, 0.5) is 0 Å². The van der Waals surface area contributed by atoms with Gasteiger partial charge in [-0.05, 0) is 30.0 Å². The number of amides is 1.